The van der Waals surface area contributed by atoms with Gasteiger partial charge in [-0.2, -0.15) is 0 Å². The third-order valence-corrected chi connectivity index (χ3v) is 5.02. The Bertz CT molecular complexity index is 992. The first-order valence-electron chi connectivity index (χ1n) is 9.03. The Labute approximate surface area is 156 Å². The minimum absolute atomic E-state index is 0.0364. The second-order valence-corrected chi connectivity index (χ2v) is 6.63. The zero-order chi connectivity index (χ0) is 19.0. The van der Waals surface area contributed by atoms with Gasteiger partial charge in [0.15, 0.2) is 11.5 Å². The molecule has 0 saturated carbocycles. The number of piperazine rings is 1. The summed E-state index contributed by atoms with van der Waals surface area (Å²) in [6, 6.07) is 8.95. The van der Waals surface area contributed by atoms with Crippen LogP contribution < -0.4 is 0 Å². The van der Waals surface area contributed by atoms with Gasteiger partial charge in [0.25, 0.3) is 5.91 Å². The number of nitrogens with zero attached hydrogens (tertiary/aromatic N) is 5. The summed E-state index contributed by atoms with van der Waals surface area (Å²) >= 11 is 0. The van der Waals surface area contributed by atoms with Crippen LogP contribution in [0.5, 0.6) is 0 Å². The van der Waals surface area contributed by atoms with Gasteiger partial charge in [-0.15, -0.1) is 0 Å². The number of hydrogen-bond donors (Lipinski definition) is 0. The molecule has 3 heterocycles. The highest BCUT2D eigenvalue weighted by molar-refractivity contribution is 5.96. The molecule has 3 aromatic rings. The summed E-state index contributed by atoms with van der Waals surface area (Å²) in [5.74, 6) is 0.246. The molecule has 0 aliphatic carbocycles. The molecule has 8 heteroatoms. The number of hydrogen-bond acceptors (Lipinski definition) is 5. The molecular weight excluding hydrogens is 346 g/mol. The molecule has 0 bridgehead atoms. The van der Waals surface area contributed by atoms with Crippen LogP contribution >= 0.6 is 0 Å². The molecule has 1 fully saturated rings. The Morgan fingerprint density at radius 3 is 2.93 bits per heavy atom. The van der Waals surface area contributed by atoms with Crippen molar-refractivity contribution >= 4 is 22.8 Å². The van der Waals surface area contributed by atoms with E-state index in [0.717, 1.165) is 11.0 Å². The van der Waals surface area contributed by atoms with E-state index in [-0.39, 0.29) is 17.5 Å². The monoisotopic (exact) mass is 367 g/mol. The van der Waals surface area contributed by atoms with Crippen molar-refractivity contribution in [2.45, 2.75) is 26.4 Å². The molecule has 4 rings (SSSR count). The van der Waals surface area contributed by atoms with Gasteiger partial charge in [-0.3, -0.25) is 9.59 Å². The Hall–Kier alpha value is -3.16. The third kappa shape index (κ3) is 3.07. The highest BCUT2D eigenvalue weighted by Gasteiger charge is 2.35. The Balaban J connectivity index is 1.51. The van der Waals surface area contributed by atoms with Crippen molar-refractivity contribution in [2.24, 2.45) is 0 Å². The zero-order valence-corrected chi connectivity index (χ0v) is 15.3. The molecule has 0 spiro atoms. The van der Waals surface area contributed by atoms with Gasteiger partial charge >= 0.3 is 0 Å². The van der Waals surface area contributed by atoms with E-state index in [1.165, 1.54) is 0 Å². The van der Waals surface area contributed by atoms with Crippen molar-refractivity contribution in [1.82, 2.24) is 24.5 Å². The lowest BCUT2D eigenvalue weighted by atomic mass is 10.1. The molecule has 140 valence electrons. The fourth-order valence-corrected chi connectivity index (χ4v) is 3.46. The lowest BCUT2D eigenvalue weighted by molar-refractivity contribution is -0.139. The lowest BCUT2D eigenvalue weighted by Gasteiger charge is -2.38. The maximum atomic E-state index is 12.8. The number of imidazole rings is 1. The van der Waals surface area contributed by atoms with Crippen molar-refractivity contribution < 1.29 is 14.1 Å². The van der Waals surface area contributed by atoms with Crippen LogP contribution in [0.4, 0.5) is 0 Å². The maximum absolute atomic E-state index is 12.8. The largest absolute Gasteiger partial charge is 0.359 e. The van der Waals surface area contributed by atoms with Crippen molar-refractivity contribution in [3.8, 4) is 0 Å². The van der Waals surface area contributed by atoms with Crippen molar-refractivity contribution in [3.63, 3.8) is 0 Å². The number of aromatic nitrogens is 3. The molecule has 1 aromatic carbocycles. The predicted molar refractivity (Wildman–Crippen MR) is 98.1 cm³/mol. The van der Waals surface area contributed by atoms with E-state index in [4.69, 9.17) is 4.52 Å². The smallest absolute Gasteiger partial charge is 0.276 e. The molecule has 8 nitrogen and oxygen atoms in total. The minimum atomic E-state index is -0.496. The Morgan fingerprint density at radius 1 is 1.30 bits per heavy atom. The Kier molecular flexibility index (Phi) is 4.39. The standard InChI is InChI=1S/C19H21N5O3/c1-3-22-8-9-24(13(2)18(22)25)19(26)16-10-14(27-21-16)11-23-12-20-15-6-4-5-7-17(15)23/h4-7,10,12-13H,3,8-9,11H2,1-2H3/t13-/m0/s1. The van der Waals surface area contributed by atoms with Crippen LogP contribution in [-0.2, 0) is 11.3 Å². The first-order valence-corrected chi connectivity index (χ1v) is 9.03. The first-order chi connectivity index (χ1) is 13.1. The van der Waals surface area contributed by atoms with Crippen molar-refractivity contribution in [2.75, 3.05) is 19.6 Å². The number of para-hydroxylation sites is 2. The quantitative estimate of drug-likeness (QED) is 0.702. The molecular formula is C19H21N5O3. The first kappa shape index (κ1) is 17.3. The maximum Gasteiger partial charge on any atom is 0.276 e. The SMILES string of the molecule is CCN1CCN(C(=O)c2cc(Cn3cnc4ccccc43)on2)[C@@H](C)C1=O. The number of rotatable bonds is 4. The number of likely N-dealkylation sites (N-methyl/N-ethyl adjacent to an activating group) is 1. The summed E-state index contributed by atoms with van der Waals surface area (Å²) in [7, 11) is 0. The molecule has 0 unspecified atom stereocenters. The highest BCUT2D eigenvalue weighted by Crippen LogP contribution is 2.18. The van der Waals surface area contributed by atoms with E-state index in [9.17, 15) is 9.59 Å². The summed E-state index contributed by atoms with van der Waals surface area (Å²) in [5.41, 5.74) is 2.10. The number of benzene rings is 1. The highest BCUT2D eigenvalue weighted by atomic mass is 16.5. The van der Waals surface area contributed by atoms with Gasteiger partial charge in [0, 0.05) is 25.7 Å². The van der Waals surface area contributed by atoms with Crippen LogP contribution in [0.3, 0.4) is 0 Å². The fraction of sp³-hybridized carbons (Fsp3) is 0.368. The number of carbonyl (C=O) groups is 2. The van der Waals surface area contributed by atoms with Gasteiger partial charge in [-0.05, 0) is 26.0 Å². The number of carbonyl (C=O) groups excluding carboxylic acids is 2. The number of amides is 2. The second kappa shape index (κ2) is 6.86. The molecule has 2 amide bonds. The molecule has 1 aliphatic heterocycles. The van der Waals surface area contributed by atoms with E-state index in [2.05, 4.69) is 10.1 Å². The summed E-state index contributed by atoms with van der Waals surface area (Å²) < 4.78 is 7.30. The van der Waals surface area contributed by atoms with Crippen molar-refractivity contribution in [3.05, 3.63) is 48.1 Å². The van der Waals surface area contributed by atoms with Gasteiger partial charge in [0.2, 0.25) is 5.91 Å². The van der Waals surface area contributed by atoms with Gasteiger partial charge in [-0.1, -0.05) is 17.3 Å². The average Bonchev–Trinajstić information content (AvgIpc) is 3.31. The van der Waals surface area contributed by atoms with Gasteiger partial charge in [-0.25, -0.2) is 4.98 Å². The predicted octanol–water partition coefficient (Wildman–Crippen LogP) is 1.77. The summed E-state index contributed by atoms with van der Waals surface area (Å²) in [6.07, 6.45) is 1.74. The normalized spacial score (nSPS) is 17.7. The van der Waals surface area contributed by atoms with Crippen LogP contribution in [0.25, 0.3) is 11.0 Å². The molecule has 0 N–H and O–H groups in total. The van der Waals surface area contributed by atoms with Crippen LogP contribution in [0.2, 0.25) is 0 Å². The van der Waals surface area contributed by atoms with Crippen molar-refractivity contribution in [1.29, 1.82) is 0 Å². The Morgan fingerprint density at radius 2 is 2.11 bits per heavy atom. The van der Waals surface area contributed by atoms with E-state index in [0.29, 0.717) is 31.9 Å². The molecule has 1 aliphatic rings. The molecule has 1 saturated heterocycles. The summed E-state index contributed by atoms with van der Waals surface area (Å²) in [5, 5.41) is 3.93. The zero-order valence-electron chi connectivity index (χ0n) is 15.3. The van der Waals surface area contributed by atoms with E-state index in [1.54, 1.807) is 29.1 Å². The average molecular weight is 367 g/mol. The molecule has 1 atom stereocenters. The lowest BCUT2D eigenvalue weighted by Crippen LogP contribution is -2.57. The van der Waals surface area contributed by atoms with E-state index >= 15 is 0 Å². The third-order valence-electron chi connectivity index (χ3n) is 5.02. The topological polar surface area (TPSA) is 84.5 Å². The minimum Gasteiger partial charge on any atom is -0.359 e. The van der Waals surface area contributed by atoms with Crippen LogP contribution in [0.15, 0.2) is 41.2 Å². The molecule has 2 aromatic heterocycles. The molecule has 27 heavy (non-hydrogen) atoms. The molecule has 0 radical (unpaired) electrons. The van der Waals surface area contributed by atoms with E-state index in [1.807, 2.05) is 35.8 Å². The number of fused-ring (bicyclic) bond motifs is 1. The van der Waals surface area contributed by atoms with Crippen LogP contribution in [0.1, 0.15) is 30.1 Å². The second-order valence-electron chi connectivity index (χ2n) is 6.63. The fourth-order valence-electron chi connectivity index (χ4n) is 3.46. The van der Waals surface area contributed by atoms with Gasteiger partial charge in [0.1, 0.15) is 6.04 Å². The summed E-state index contributed by atoms with van der Waals surface area (Å²) in [6.45, 7) is 5.80. The van der Waals surface area contributed by atoms with E-state index < -0.39 is 6.04 Å². The van der Waals surface area contributed by atoms with Crippen LogP contribution in [0, 0.1) is 0 Å². The van der Waals surface area contributed by atoms with Crippen LogP contribution in [-0.4, -0.2) is 62.0 Å². The van der Waals surface area contributed by atoms with Gasteiger partial charge in [0.05, 0.1) is 23.9 Å². The van der Waals surface area contributed by atoms with Gasteiger partial charge < -0.3 is 18.9 Å². The summed E-state index contributed by atoms with van der Waals surface area (Å²) in [4.78, 5) is 32.8.